The maximum absolute atomic E-state index is 11.6. The van der Waals surface area contributed by atoms with Crippen LogP contribution in [0.2, 0.25) is 5.02 Å². The number of benzene rings is 1. The Morgan fingerprint density at radius 2 is 2.11 bits per heavy atom. The van der Waals surface area contributed by atoms with Crippen LogP contribution in [0.5, 0.6) is 0 Å². The molecule has 5 nitrogen and oxygen atoms in total. The van der Waals surface area contributed by atoms with Gasteiger partial charge in [0.15, 0.2) is 5.82 Å². The summed E-state index contributed by atoms with van der Waals surface area (Å²) in [6.07, 6.45) is 4.49. The molecule has 0 spiro atoms. The molecule has 1 aromatic heterocycles. The first kappa shape index (κ1) is 12.3. The lowest BCUT2D eigenvalue weighted by atomic mass is 10.2. The van der Waals surface area contributed by atoms with Gasteiger partial charge in [-0.2, -0.15) is 0 Å². The van der Waals surface area contributed by atoms with Gasteiger partial charge >= 0.3 is 6.03 Å². The van der Waals surface area contributed by atoms with E-state index in [0.717, 1.165) is 5.56 Å². The van der Waals surface area contributed by atoms with E-state index in [1.165, 1.54) is 18.6 Å². The number of nitrogens with zero attached hydrogens (tertiary/aromatic N) is 2. The minimum atomic E-state index is -0.393. The Bertz CT molecular complexity index is 559. The molecule has 6 heteroatoms. The van der Waals surface area contributed by atoms with E-state index in [-0.39, 0.29) is 0 Å². The molecule has 0 fully saturated rings. The molecule has 2 amide bonds. The third-order valence-electron chi connectivity index (χ3n) is 2.23. The second-order valence-electron chi connectivity index (χ2n) is 3.63. The predicted octanol–water partition coefficient (Wildman–Crippen LogP) is 3.08. The van der Waals surface area contributed by atoms with Gasteiger partial charge in [-0.3, -0.25) is 10.3 Å². The van der Waals surface area contributed by atoms with Crippen LogP contribution in [0, 0.1) is 6.92 Å². The number of aryl methyl sites for hydroxylation is 1. The van der Waals surface area contributed by atoms with Gasteiger partial charge in [-0.15, -0.1) is 0 Å². The molecule has 92 valence electrons. The quantitative estimate of drug-likeness (QED) is 0.874. The molecule has 0 aliphatic rings. The molecule has 0 saturated heterocycles. The smallest absolute Gasteiger partial charge is 0.308 e. The number of urea groups is 1. The number of rotatable bonds is 2. The van der Waals surface area contributed by atoms with Crippen molar-refractivity contribution in [1.29, 1.82) is 0 Å². The first-order valence-electron chi connectivity index (χ1n) is 5.25. The van der Waals surface area contributed by atoms with Crippen molar-refractivity contribution in [2.24, 2.45) is 0 Å². The van der Waals surface area contributed by atoms with Crippen LogP contribution in [0.1, 0.15) is 5.56 Å². The summed E-state index contributed by atoms with van der Waals surface area (Å²) in [7, 11) is 0. The monoisotopic (exact) mass is 262 g/mol. The number of nitrogens with one attached hydrogen (secondary N) is 2. The Kier molecular flexibility index (Phi) is 3.74. The van der Waals surface area contributed by atoms with Gasteiger partial charge in [-0.25, -0.2) is 9.78 Å². The standard InChI is InChI=1S/C12H11ClN4O/c1-8-2-3-9(6-10(8)13)16-12(18)17-11-7-14-4-5-15-11/h2-7H,1H3,(H2,15,16,17,18). The lowest BCUT2D eigenvalue weighted by Gasteiger charge is -2.07. The Labute approximate surface area is 109 Å². The topological polar surface area (TPSA) is 66.9 Å². The molecule has 0 aliphatic heterocycles. The zero-order valence-corrected chi connectivity index (χ0v) is 10.4. The normalized spacial score (nSPS) is 9.89. The molecule has 18 heavy (non-hydrogen) atoms. The number of hydrogen-bond donors (Lipinski definition) is 2. The van der Waals surface area contributed by atoms with E-state index in [1.807, 2.05) is 13.0 Å². The maximum Gasteiger partial charge on any atom is 0.324 e. The number of carbonyl (C=O) groups excluding carboxylic acids is 1. The number of halogens is 1. The zero-order chi connectivity index (χ0) is 13.0. The summed E-state index contributed by atoms with van der Waals surface area (Å²) in [5, 5.41) is 5.82. The Balaban J connectivity index is 2.01. The van der Waals surface area contributed by atoms with Crippen molar-refractivity contribution in [1.82, 2.24) is 9.97 Å². The fraction of sp³-hybridized carbons (Fsp3) is 0.0833. The number of amides is 2. The summed E-state index contributed by atoms with van der Waals surface area (Å²) < 4.78 is 0. The van der Waals surface area contributed by atoms with Crippen molar-refractivity contribution in [3.8, 4) is 0 Å². The molecule has 1 aromatic carbocycles. The van der Waals surface area contributed by atoms with Crippen molar-refractivity contribution in [3.63, 3.8) is 0 Å². The molecule has 0 saturated carbocycles. The van der Waals surface area contributed by atoms with Crippen LogP contribution >= 0.6 is 11.6 Å². The van der Waals surface area contributed by atoms with Crippen LogP contribution in [-0.4, -0.2) is 16.0 Å². The third kappa shape index (κ3) is 3.18. The fourth-order valence-electron chi connectivity index (χ4n) is 1.31. The number of hydrogen-bond acceptors (Lipinski definition) is 3. The highest BCUT2D eigenvalue weighted by molar-refractivity contribution is 6.31. The Morgan fingerprint density at radius 1 is 1.28 bits per heavy atom. The summed E-state index contributed by atoms with van der Waals surface area (Å²) in [5.41, 5.74) is 1.57. The van der Waals surface area contributed by atoms with Gasteiger partial charge in [0, 0.05) is 23.1 Å². The van der Waals surface area contributed by atoms with Crippen LogP contribution in [0.25, 0.3) is 0 Å². The lowest BCUT2D eigenvalue weighted by Crippen LogP contribution is -2.20. The van der Waals surface area contributed by atoms with Crippen LogP contribution in [0.15, 0.2) is 36.8 Å². The van der Waals surface area contributed by atoms with E-state index in [2.05, 4.69) is 20.6 Å². The molecule has 0 radical (unpaired) electrons. The minimum absolute atomic E-state index is 0.383. The number of aromatic nitrogens is 2. The zero-order valence-electron chi connectivity index (χ0n) is 9.64. The number of anilines is 2. The number of carbonyl (C=O) groups is 1. The van der Waals surface area contributed by atoms with Gasteiger partial charge in [-0.1, -0.05) is 17.7 Å². The summed E-state index contributed by atoms with van der Waals surface area (Å²) in [4.78, 5) is 19.4. The second-order valence-corrected chi connectivity index (χ2v) is 4.04. The highest BCUT2D eigenvalue weighted by Crippen LogP contribution is 2.19. The van der Waals surface area contributed by atoms with Crippen molar-refractivity contribution in [2.45, 2.75) is 6.92 Å². The average Bonchev–Trinajstić information content (AvgIpc) is 2.35. The van der Waals surface area contributed by atoms with Gasteiger partial charge in [-0.05, 0) is 24.6 Å². The van der Waals surface area contributed by atoms with Gasteiger partial charge in [0.05, 0.1) is 6.20 Å². The van der Waals surface area contributed by atoms with Crippen molar-refractivity contribution in [3.05, 3.63) is 47.4 Å². The van der Waals surface area contributed by atoms with E-state index < -0.39 is 6.03 Å². The van der Waals surface area contributed by atoms with E-state index in [4.69, 9.17) is 11.6 Å². The predicted molar refractivity (Wildman–Crippen MR) is 70.9 cm³/mol. The first-order valence-corrected chi connectivity index (χ1v) is 5.63. The third-order valence-corrected chi connectivity index (χ3v) is 2.64. The molecule has 2 rings (SSSR count). The summed E-state index contributed by atoms with van der Waals surface area (Å²) in [6, 6.07) is 4.90. The highest BCUT2D eigenvalue weighted by Gasteiger charge is 2.04. The van der Waals surface area contributed by atoms with Crippen LogP contribution < -0.4 is 10.6 Å². The SMILES string of the molecule is Cc1ccc(NC(=O)Nc2cnccn2)cc1Cl. The van der Waals surface area contributed by atoms with Crippen molar-refractivity contribution < 1.29 is 4.79 Å². The largest absolute Gasteiger partial charge is 0.324 e. The van der Waals surface area contributed by atoms with Gasteiger partial charge < -0.3 is 5.32 Å². The van der Waals surface area contributed by atoms with Crippen LogP contribution in [0.4, 0.5) is 16.3 Å². The molecular weight excluding hydrogens is 252 g/mol. The molecule has 0 atom stereocenters. The molecule has 0 aliphatic carbocycles. The van der Waals surface area contributed by atoms with Crippen LogP contribution in [-0.2, 0) is 0 Å². The van der Waals surface area contributed by atoms with E-state index in [0.29, 0.717) is 16.5 Å². The second kappa shape index (κ2) is 5.46. The highest BCUT2D eigenvalue weighted by atomic mass is 35.5. The van der Waals surface area contributed by atoms with Crippen molar-refractivity contribution >= 4 is 29.1 Å². The average molecular weight is 263 g/mol. The minimum Gasteiger partial charge on any atom is -0.308 e. The summed E-state index contributed by atoms with van der Waals surface area (Å²) >= 11 is 5.96. The van der Waals surface area contributed by atoms with E-state index in [1.54, 1.807) is 12.1 Å². The lowest BCUT2D eigenvalue weighted by molar-refractivity contribution is 0.262. The Hall–Kier alpha value is -2.14. The van der Waals surface area contributed by atoms with Gasteiger partial charge in [0.1, 0.15) is 0 Å². The molecule has 2 N–H and O–H groups in total. The maximum atomic E-state index is 11.6. The van der Waals surface area contributed by atoms with Gasteiger partial charge in [0.25, 0.3) is 0 Å². The summed E-state index contributed by atoms with van der Waals surface area (Å²) in [6.45, 7) is 1.89. The summed E-state index contributed by atoms with van der Waals surface area (Å²) in [5.74, 6) is 0.383. The van der Waals surface area contributed by atoms with E-state index in [9.17, 15) is 4.79 Å². The van der Waals surface area contributed by atoms with E-state index >= 15 is 0 Å². The molecule has 2 aromatic rings. The fourth-order valence-corrected chi connectivity index (χ4v) is 1.49. The van der Waals surface area contributed by atoms with Crippen LogP contribution in [0.3, 0.4) is 0 Å². The first-order chi connectivity index (χ1) is 8.65. The molecular formula is C12H11ClN4O. The molecule has 0 bridgehead atoms. The Morgan fingerprint density at radius 3 is 2.78 bits per heavy atom. The van der Waals surface area contributed by atoms with Crippen molar-refractivity contribution in [2.75, 3.05) is 10.6 Å². The molecule has 0 unspecified atom stereocenters. The molecule has 1 heterocycles. The van der Waals surface area contributed by atoms with Gasteiger partial charge in [0.2, 0.25) is 0 Å².